The third-order valence-electron chi connectivity index (χ3n) is 9.27. The van der Waals surface area contributed by atoms with Crippen molar-refractivity contribution in [2.24, 2.45) is 5.92 Å². The minimum atomic E-state index is -6.32. The van der Waals surface area contributed by atoms with Gasteiger partial charge in [0.15, 0.2) is 9.84 Å². The Balaban J connectivity index is 1.47. The molecule has 0 spiro atoms. The van der Waals surface area contributed by atoms with Crippen molar-refractivity contribution in [3.63, 3.8) is 0 Å². The molecule has 15 heteroatoms. The van der Waals surface area contributed by atoms with E-state index in [2.05, 4.69) is 4.98 Å². The Labute approximate surface area is 252 Å². The van der Waals surface area contributed by atoms with Crippen molar-refractivity contribution in [1.29, 1.82) is 0 Å². The van der Waals surface area contributed by atoms with E-state index in [1.165, 1.54) is 29.2 Å². The summed E-state index contributed by atoms with van der Waals surface area (Å²) in [5.41, 5.74) is -6.59. The minimum absolute atomic E-state index is 0.0110. The van der Waals surface area contributed by atoms with Crippen LogP contribution in [0.5, 0.6) is 0 Å². The van der Waals surface area contributed by atoms with E-state index in [1.54, 1.807) is 12.5 Å². The first-order chi connectivity index (χ1) is 20.5. The lowest BCUT2D eigenvalue weighted by atomic mass is 9.76. The van der Waals surface area contributed by atoms with Crippen LogP contribution in [0.3, 0.4) is 0 Å². The van der Waals surface area contributed by atoms with Crippen molar-refractivity contribution in [2.75, 3.05) is 6.54 Å². The largest absolute Gasteiger partial charge is 0.435 e. The summed E-state index contributed by atoms with van der Waals surface area (Å²) in [6.07, 6.45) is -8.66. The topological polar surface area (TPSA) is 72.3 Å². The van der Waals surface area contributed by atoms with Crippen LogP contribution >= 0.6 is 11.6 Å². The molecule has 6 nitrogen and oxygen atoms in total. The maximum Gasteiger partial charge on any atom is 0.435 e. The number of fused-ring (bicyclic) bond motifs is 4. The van der Waals surface area contributed by atoms with Gasteiger partial charge in [0.2, 0.25) is 5.91 Å². The normalized spacial score (nSPS) is 24.0. The lowest BCUT2D eigenvalue weighted by Crippen LogP contribution is -2.54. The second-order valence-electron chi connectivity index (χ2n) is 11.5. The van der Waals surface area contributed by atoms with Gasteiger partial charge in [0.05, 0.1) is 23.2 Å². The van der Waals surface area contributed by atoms with Gasteiger partial charge in [-0.05, 0) is 67.5 Å². The molecule has 1 saturated heterocycles. The molecule has 3 unspecified atom stereocenters. The highest BCUT2D eigenvalue weighted by Crippen LogP contribution is 2.57. The highest BCUT2D eigenvalue weighted by molar-refractivity contribution is 7.92. The van der Waals surface area contributed by atoms with E-state index >= 15 is 4.39 Å². The molecule has 1 aliphatic carbocycles. The Morgan fingerprint density at radius 2 is 1.64 bits per heavy atom. The van der Waals surface area contributed by atoms with Crippen LogP contribution in [0.1, 0.15) is 41.6 Å². The Morgan fingerprint density at radius 3 is 2.30 bits per heavy atom. The van der Waals surface area contributed by atoms with Crippen LogP contribution in [-0.2, 0) is 44.4 Å². The van der Waals surface area contributed by atoms with Gasteiger partial charge in [-0.15, -0.1) is 0 Å². The average Bonchev–Trinajstić information content (AvgIpc) is 3.60. The number of benzene rings is 2. The van der Waals surface area contributed by atoms with Gasteiger partial charge >= 0.3 is 18.0 Å². The smallest absolute Gasteiger partial charge is 0.337 e. The number of carbonyl (C=O) groups excluding carboxylic acids is 1. The van der Waals surface area contributed by atoms with Crippen LogP contribution in [0, 0.1) is 5.92 Å². The first kappa shape index (κ1) is 30.9. The van der Waals surface area contributed by atoms with Crippen LogP contribution in [0.15, 0.2) is 59.9 Å². The monoisotopic (exact) mass is 663 g/mol. The molecule has 236 valence electrons. The first-order valence-corrected chi connectivity index (χ1v) is 15.6. The number of aryl methyl sites for hydroxylation is 2. The number of halogens is 8. The number of nitrogens with zero attached hydrogens (tertiary/aromatic N) is 3. The predicted octanol–water partition coefficient (Wildman–Crippen LogP) is 6.30. The molecule has 1 fully saturated rings. The zero-order chi connectivity index (χ0) is 31.9. The molecule has 0 bridgehead atoms. The van der Waals surface area contributed by atoms with Crippen molar-refractivity contribution in [3.8, 4) is 0 Å². The number of likely N-dealkylation sites (tertiary alicyclic amines) is 1. The highest BCUT2D eigenvalue weighted by Gasteiger charge is 2.74. The van der Waals surface area contributed by atoms with Gasteiger partial charge in [-0.25, -0.2) is 17.8 Å². The van der Waals surface area contributed by atoms with Gasteiger partial charge in [0.25, 0.3) is 0 Å². The number of hydrogen-bond acceptors (Lipinski definition) is 4. The number of hydrogen-bond donors (Lipinski definition) is 0. The SMILES string of the molecule is O=C(C1CCc2cncn2C1)N1CCC2(S(=O)(=O)c3ccc(Cl)cc3)c3ccc(C(F)(C(F)(F)F)C(F)(F)F)cc3CCC12. The number of aromatic nitrogens is 2. The van der Waals surface area contributed by atoms with E-state index in [4.69, 9.17) is 11.6 Å². The molecule has 0 N–H and O–H groups in total. The Kier molecular flexibility index (Phi) is 7.15. The first-order valence-electron chi connectivity index (χ1n) is 13.8. The van der Waals surface area contributed by atoms with Crippen molar-refractivity contribution < 1.29 is 43.9 Å². The summed E-state index contributed by atoms with van der Waals surface area (Å²) in [7, 11) is -4.44. The second kappa shape index (κ2) is 10.2. The molecule has 3 aromatic rings. The molecule has 1 amide bonds. The van der Waals surface area contributed by atoms with E-state index in [9.17, 15) is 39.6 Å². The van der Waals surface area contributed by atoms with Crippen LogP contribution in [-0.4, -0.2) is 53.7 Å². The number of alkyl halides is 7. The highest BCUT2D eigenvalue weighted by atomic mass is 35.5. The maximum absolute atomic E-state index is 15.0. The van der Waals surface area contributed by atoms with Gasteiger partial charge < -0.3 is 9.47 Å². The summed E-state index contributed by atoms with van der Waals surface area (Å²) in [5, 5.41) is 0.240. The molecule has 3 aliphatic rings. The number of amides is 1. The fraction of sp³-hybridized carbons (Fsp3) is 0.448. The van der Waals surface area contributed by atoms with Crippen LogP contribution in [0.4, 0.5) is 30.7 Å². The minimum Gasteiger partial charge on any atom is -0.337 e. The summed E-state index contributed by atoms with van der Waals surface area (Å²) < 4.78 is 126. The van der Waals surface area contributed by atoms with Crippen molar-refractivity contribution in [3.05, 3.63) is 82.4 Å². The molecular formula is C29H25ClF7N3O3S. The Morgan fingerprint density at radius 1 is 0.955 bits per heavy atom. The Hall–Kier alpha value is -3.13. The van der Waals surface area contributed by atoms with Gasteiger partial charge in [-0.1, -0.05) is 29.8 Å². The molecule has 0 saturated carbocycles. The second-order valence-corrected chi connectivity index (χ2v) is 14.1. The Bertz CT molecular complexity index is 1710. The maximum atomic E-state index is 15.0. The molecule has 1 aromatic heterocycles. The quantitative estimate of drug-likeness (QED) is 0.307. The van der Waals surface area contributed by atoms with Crippen molar-refractivity contribution in [1.82, 2.24) is 14.5 Å². The van der Waals surface area contributed by atoms with Crippen molar-refractivity contribution >= 4 is 27.3 Å². The lowest BCUT2D eigenvalue weighted by Gasteiger charge is -2.43. The van der Waals surface area contributed by atoms with E-state index < -0.39 is 50.1 Å². The summed E-state index contributed by atoms with van der Waals surface area (Å²) in [6.45, 7) is 0.324. The number of rotatable bonds is 4. The van der Waals surface area contributed by atoms with E-state index in [1.807, 2.05) is 4.57 Å². The van der Waals surface area contributed by atoms with Crippen LogP contribution in [0.25, 0.3) is 0 Å². The van der Waals surface area contributed by atoms with Gasteiger partial charge in [0.1, 0.15) is 4.75 Å². The molecular weight excluding hydrogens is 639 g/mol. The molecule has 2 aromatic carbocycles. The fourth-order valence-corrected chi connectivity index (χ4v) is 9.62. The summed E-state index contributed by atoms with van der Waals surface area (Å²) >= 11 is 5.98. The van der Waals surface area contributed by atoms with Gasteiger partial charge in [0, 0.05) is 35.6 Å². The summed E-state index contributed by atoms with van der Waals surface area (Å²) in [5.74, 6) is -0.778. The number of sulfone groups is 1. The number of carbonyl (C=O) groups is 1. The summed E-state index contributed by atoms with van der Waals surface area (Å²) in [4.78, 5) is 19.4. The molecule has 0 radical (unpaired) electrons. The summed E-state index contributed by atoms with van der Waals surface area (Å²) in [6, 6.07) is 5.92. The van der Waals surface area contributed by atoms with Crippen LogP contribution in [0.2, 0.25) is 5.02 Å². The molecule has 3 atom stereocenters. The lowest BCUT2D eigenvalue weighted by molar-refractivity contribution is -0.348. The molecule has 2 aliphatic heterocycles. The van der Waals surface area contributed by atoms with E-state index in [-0.39, 0.29) is 52.8 Å². The van der Waals surface area contributed by atoms with Crippen molar-refractivity contribution in [2.45, 2.75) is 72.4 Å². The van der Waals surface area contributed by atoms with E-state index in [0.29, 0.717) is 31.5 Å². The zero-order valence-corrected chi connectivity index (χ0v) is 24.4. The molecule has 3 heterocycles. The average molecular weight is 664 g/mol. The third kappa shape index (κ3) is 4.38. The zero-order valence-electron chi connectivity index (χ0n) is 22.8. The third-order valence-corrected chi connectivity index (χ3v) is 12.1. The fourth-order valence-electron chi connectivity index (χ4n) is 7.13. The van der Waals surface area contributed by atoms with E-state index in [0.717, 1.165) is 11.8 Å². The van der Waals surface area contributed by atoms with Gasteiger partial charge in [-0.2, -0.15) is 26.3 Å². The van der Waals surface area contributed by atoms with Gasteiger partial charge in [-0.3, -0.25) is 4.79 Å². The predicted molar refractivity (Wildman–Crippen MR) is 144 cm³/mol. The molecule has 44 heavy (non-hydrogen) atoms. The number of imidazole rings is 1. The molecule has 6 rings (SSSR count). The van der Waals surface area contributed by atoms with Crippen LogP contribution < -0.4 is 0 Å². The standard InChI is InChI=1S/C29H25ClF7N3O3S/c30-20-4-7-22(8-5-20)44(42,43)26-11-12-40(25(41)18-1-6-21-14-38-16-39(21)15-18)24(26)10-2-17-13-19(3-9-23(17)26)27(31,28(32,33)34)29(35,36)37/h3-5,7-9,13-14,16,18,24H,1-2,6,10-12,15H2.